The molecule has 2 heterocycles. The fourth-order valence-electron chi connectivity index (χ4n) is 3.27. The molecule has 172 valence electrons. The molecular formula is C24H27IN6O2. The van der Waals surface area contributed by atoms with Crippen LogP contribution in [0.2, 0.25) is 0 Å². The third-order valence-corrected chi connectivity index (χ3v) is 6.22. The highest BCUT2D eigenvalue weighted by molar-refractivity contribution is 14.1. The summed E-state index contributed by atoms with van der Waals surface area (Å²) in [6.07, 6.45) is 1.75. The van der Waals surface area contributed by atoms with Crippen molar-refractivity contribution in [3.63, 3.8) is 0 Å². The normalized spacial score (nSPS) is 12.6. The van der Waals surface area contributed by atoms with Gasteiger partial charge in [0.1, 0.15) is 5.75 Å². The molecule has 2 aromatic carbocycles. The van der Waals surface area contributed by atoms with E-state index in [9.17, 15) is 10.2 Å². The zero-order chi connectivity index (χ0) is 23.6. The van der Waals surface area contributed by atoms with E-state index in [2.05, 4.69) is 55.3 Å². The number of phenols is 1. The zero-order valence-electron chi connectivity index (χ0n) is 18.7. The molecule has 8 nitrogen and oxygen atoms in total. The summed E-state index contributed by atoms with van der Waals surface area (Å²) in [7, 11) is 0. The zero-order valence-corrected chi connectivity index (χ0v) is 20.9. The van der Waals surface area contributed by atoms with Gasteiger partial charge in [0.2, 0.25) is 5.95 Å². The van der Waals surface area contributed by atoms with Gasteiger partial charge in [0, 0.05) is 15.7 Å². The van der Waals surface area contributed by atoms with Crippen molar-refractivity contribution in [2.75, 3.05) is 10.6 Å². The number of fused-ring (bicyclic) bond motifs is 1. The second-order valence-corrected chi connectivity index (χ2v) is 9.82. The Balaban J connectivity index is 1.71. The van der Waals surface area contributed by atoms with Crippen molar-refractivity contribution in [2.45, 2.75) is 45.5 Å². The summed E-state index contributed by atoms with van der Waals surface area (Å²) in [5, 5.41) is 27.1. The van der Waals surface area contributed by atoms with Gasteiger partial charge in [-0.15, -0.1) is 0 Å². The largest absolute Gasteiger partial charge is 0.508 e. The van der Waals surface area contributed by atoms with Crippen molar-refractivity contribution < 1.29 is 10.2 Å². The van der Waals surface area contributed by atoms with Crippen LogP contribution in [0.15, 0.2) is 54.9 Å². The molecular weight excluding hydrogens is 531 g/mol. The van der Waals surface area contributed by atoms with E-state index in [1.54, 1.807) is 26.2 Å². The standard InChI is InChI=1S/C24H27IN6O2/c1-15(24(2,3)33)28-23-29-21(26-12-17-11-18(25)9-10-19(17)32)20-22(30-23)31(14-27-20)13-16-7-5-4-6-8-16/h4-11,14-15,32-33H,12-13H2,1-3H3,(H2,26,28,29,30). The summed E-state index contributed by atoms with van der Waals surface area (Å²) < 4.78 is 3.00. The lowest BCUT2D eigenvalue weighted by Crippen LogP contribution is -2.39. The molecule has 0 fully saturated rings. The van der Waals surface area contributed by atoms with Crippen LogP contribution in [0.5, 0.6) is 5.75 Å². The van der Waals surface area contributed by atoms with Gasteiger partial charge in [-0.3, -0.25) is 0 Å². The fourth-order valence-corrected chi connectivity index (χ4v) is 3.83. The molecule has 33 heavy (non-hydrogen) atoms. The summed E-state index contributed by atoms with van der Waals surface area (Å²) in [5.41, 5.74) is 2.25. The van der Waals surface area contributed by atoms with E-state index in [0.29, 0.717) is 36.0 Å². The topological polar surface area (TPSA) is 108 Å². The number of rotatable bonds is 8. The Hall–Kier alpha value is -2.92. The van der Waals surface area contributed by atoms with Gasteiger partial charge in [0.15, 0.2) is 17.0 Å². The first-order valence-corrected chi connectivity index (χ1v) is 11.8. The number of nitrogens with one attached hydrogen (secondary N) is 2. The van der Waals surface area contributed by atoms with Crippen molar-refractivity contribution in [3.05, 3.63) is 69.6 Å². The number of aliphatic hydroxyl groups is 1. The molecule has 0 saturated carbocycles. The lowest BCUT2D eigenvalue weighted by atomic mass is 10.0. The highest BCUT2D eigenvalue weighted by Gasteiger charge is 2.24. The maximum Gasteiger partial charge on any atom is 0.227 e. The Kier molecular flexibility index (Phi) is 6.71. The molecule has 2 aromatic heterocycles. The number of nitrogens with zero attached hydrogens (tertiary/aromatic N) is 4. The van der Waals surface area contributed by atoms with Crippen LogP contribution >= 0.6 is 22.6 Å². The van der Waals surface area contributed by atoms with Crippen molar-refractivity contribution in [2.24, 2.45) is 0 Å². The van der Waals surface area contributed by atoms with Gasteiger partial charge in [-0.2, -0.15) is 9.97 Å². The third kappa shape index (κ3) is 5.53. The molecule has 0 bridgehead atoms. The summed E-state index contributed by atoms with van der Waals surface area (Å²) >= 11 is 2.22. The second-order valence-electron chi connectivity index (χ2n) is 8.57. The van der Waals surface area contributed by atoms with Gasteiger partial charge in [-0.25, -0.2) is 4.98 Å². The molecule has 4 rings (SSSR count). The summed E-state index contributed by atoms with van der Waals surface area (Å²) in [6.45, 7) is 6.35. The molecule has 0 amide bonds. The minimum absolute atomic E-state index is 0.219. The highest BCUT2D eigenvalue weighted by Crippen LogP contribution is 2.26. The molecule has 0 aliphatic heterocycles. The SMILES string of the molecule is CC(Nc1nc(NCc2cc(I)ccc2O)c2ncn(Cc3ccccc3)c2n1)C(C)(C)O. The fraction of sp³-hybridized carbons (Fsp3) is 0.292. The van der Waals surface area contributed by atoms with E-state index in [1.807, 2.05) is 41.8 Å². The molecule has 1 unspecified atom stereocenters. The van der Waals surface area contributed by atoms with Crippen molar-refractivity contribution in [1.29, 1.82) is 0 Å². The van der Waals surface area contributed by atoms with Crippen molar-refractivity contribution in [3.8, 4) is 5.75 Å². The monoisotopic (exact) mass is 558 g/mol. The minimum Gasteiger partial charge on any atom is -0.508 e. The van der Waals surface area contributed by atoms with E-state index in [4.69, 9.17) is 4.98 Å². The number of hydrogen-bond donors (Lipinski definition) is 4. The highest BCUT2D eigenvalue weighted by atomic mass is 127. The molecule has 0 saturated heterocycles. The van der Waals surface area contributed by atoms with Crippen LogP contribution in [0.3, 0.4) is 0 Å². The quantitative estimate of drug-likeness (QED) is 0.238. The maximum absolute atomic E-state index is 10.4. The second kappa shape index (κ2) is 9.52. The predicted molar refractivity (Wildman–Crippen MR) is 138 cm³/mol. The summed E-state index contributed by atoms with van der Waals surface area (Å²) in [4.78, 5) is 13.9. The molecule has 0 aliphatic rings. The van der Waals surface area contributed by atoms with Crippen LogP contribution in [-0.2, 0) is 13.1 Å². The number of aromatic hydroxyl groups is 1. The molecule has 4 N–H and O–H groups in total. The first-order valence-electron chi connectivity index (χ1n) is 10.7. The first-order chi connectivity index (χ1) is 15.7. The Bertz CT molecular complexity index is 1250. The van der Waals surface area contributed by atoms with E-state index in [1.165, 1.54) is 0 Å². The smallest absolute Gasteiger partial charge is 0.227 e. The Morgan fingerprint density at radius 2 is 1.88 bits per heavy atom. The lowest BCUT2D eigenvalue weighted by molar-refractivity contribution is 0.0646. The molecule has 1 atom stereocenters. The molecule has 0 aliphatic carbocycles. The number of imidazole rings is 1. The molecule has 9 heteroatoms. The van der Waals surface area contributed by atoms with Gasteiger partial charge in [-0.1, -0.05) is 30.3 Å². The Labute approximate surface area is 206 Å². The van der Waals surface area contributed by atoms with Gasteiger partial charge < -0.3 is 25.4 Å². The lowest BCUT2D eigenvalue weighted by Gasteiger charge is -2.26. The molecule has 0 spiro atoms. The van der Waals surface area contributed by atoms with E-state index in [-0.39, 0.29) is 11.8 Å². The van der Waals surface area contributed by atoms with Crippen LogP contribution in [0, 0.1) is 3.57 Å². The maximum atomic E-state index is 10.4. The van der Waals surface area contributed by atoms with Gasteiger partial charge in [0.05, 0.1) is 24.5 Å². The summed E-state index contributed by atoms with van der Waals surface area (Å²) in [6, 6.07) is 15.3. The van der Waals surface area contributed by atoms with Crippen LogP contribution in [0.4, 0.5) is 11.8 Å². The number of halogens is 1. The van der Waals surface area contributed by atoms with Crippen LogP contribution in [-0.4, -0.2) is 41.4 Å². The van der Waals surface area contributed by atoms with Crippen molar-refractivity contribution >= 4 is 45.5 Å². The van der Waals surface area contributed by atoms with E-state index < -0.39 is 5.60 Å². The minimum atomic E-state index is -0.956. The Morgan fingerprint density at radius 3 is 2.61 bits per heavy atom. The van der Waals surface area contributed by atoms with Gasteiger partial charge in [0.25, 0.3) is 0 Å². The van der Waals surface area contributed by atoms with Crippen molar-refractivity contribution in [1.82, 2.24) is 19.5 Å². The predicted octanol–water partition coefficient (Wildman–Crippen LogP) is 4.37. The van der Waals surface area contributed by atoms with Gasteiger partial charge in [-0.05, 0) is 67.1 Å². The average Bonchev–Trinajstić information content (AvgIpc) is 3.17. The van der Waals surface area contributed by atoms with Crippen LogP contribution in [0.25, 0.3) is 11.2 Å². The number of hydrogen-bond acceptors (Lipinski definition) is 7. The number of anilines is 2. The van der Waals surface area contributed by atoms with Crippen LogP contribution in [0.1, 0.15) is 31.9 Å². The average molecular weight is 558 g/mol. The van der Waals surface area contributed by atoms with Gasteiger partial charge >= 0.3 is 0 Å². The first kappa shape index (κ1) is 23.2. The van der Waals surface area contributed by atoms with E-state index >= 15 is 0 Å². The summed E-state index contributed by atoms with van der Waals surface area (Å²) in [5.74, 6) is 1.16. The third-order valence-electron chi connectivity index (χ3n) is 5.55. The number of aromatic nitrogens is 4. The molecule has 0 radical (unpaired) electrons. The molecule has 4 aromatic rings. The van der Waals surface area contributed by atoms with E-state index in [0.717, 1.165) is 14.7 Å². The Morgan fingerprint density at radius 1 is 1.12 bits per heavy atom. The number of phenolic OH excluding ortho intramolecular Hbond substituents is 1. The number of benzene rings is 2. The van der Waals surface area contributed by atoms with Crippen LogP contribution < -0.4 is 10.6 Å².